The van der Waals surface area contributed by atoms with Gasteiger partial charge in [0.1, 0.15) is 30.2 Å². The fraction of sp³-hybridized carbons (Fsp3) is 0.0758. The normalized spacial score (nSPS) is 18.1. The summed E-state index contributed by atoms with van der Waals surface area (Å²) >= 11 is 0. The molecular formula is C132H95N13. The minimum absolute atomic E-state index is 0.194. The van der Waals surface area contributed by atoms with Gasteiger partial charge >= 0.3 is 0 Å². The molecule has 0 saturated carbocycles. The van der Waals surface area contributed by atoms with Gasteiger partial charge in [-0.2, -0.15) is 0 Å². The van der Waals surface area contributed by atoms with E-state index < -0.39 is 0 Å². The Morgan fingerprint density at radius 2 is 0.483 bits per heavy atom. The zero-order valence-corrected chi connectivity index (χ0v) is 79.4. The minimum atomic E-state index is 0.194. The van der Waals surface area contributed by atoms with E-state index in [1.54, 1.807) is 0 Å². The minimum Gasteiger partial charge on any atom is -0.329 e. The number of nitrogens with zero attached hydrogens (tertiary/aromatic N) is 13. The molecule has 5 atom stereocenters. The van der Waals surface area contributed by atoms with Crippen molar-refractivity contribution in [3.05, 3.63) is 588 Å². The molecule has 13 nitrogen and oxygen atoms in total. The second kappa shape index (κ2) is 32.0. The lowest BCUT2D eigenvalue weighted by Gasteiger charge is -2.45. The van der Waals surface area contributed by atoms with Crippen molar-refractivity contribution in [2.75, 3.05) is 29.4 Å². The highest BCUT2D eigenvalue weighted by molar-refractivity contribution is 6.01. The number of benzene rings is 13. The van der Waals surface area contributed by atoms with Crippen molar-refractivity contribution < 1.29 is 0 Å². The zero-order chi connectivity index (χ0) is 94.7. The molecule has 0 radical (unpaired) electrons. The maximum absolute atomic E-state index is 2.56. The summed E-state index contributed by atoms with van der Waals surface area (Å²) in [5.41, 5.74) is 54.7. The van der Waals surface area contributed by atoms with Gasteiger partial charge in [-0.15, -0.1) is 0 Å². The van der Waals surface area contributed by atoms with Gasteiger partial charge in [0.2, 0.25) is 0 Å². The molecule has 13 heteroatoms. The summed E-state index contributed by atoms with van der Waals surface area (Å²) < 4.78 is 16.4. The lowest BCUT2D eigenvalue weighted by atomic mass is 9.84. The van der Waals surface area contributed by atoms with Crippen LogP contribution in [0, 0.1) is 0 Å². The molecule has 5 unspecified atom stereocenters. The van der Waals surface area contributed by atoms with E-state index in [1.807, 2.05) is 0 Å². The van der Waals surface area contributed by atoms with Crippen LogP contribution < -0.4 is 29.4 Å². The molecule has 7 aromatic heterocycles. The summed E-state index contributed by atoms with van der Waals surface area (Å²) in [6, 6.07) is 146. The summed E-state index contributed by atoms with van der Waals surface area (Å²) in [5.74, 6) is 0. The highest BCUT2D eigenvalue weighted by atomic mass is 15.3. The van der Waals surface area contributed by atoms with Crippen LogP contribution in [0.5, 0.6) is 0 Å². The Morgan fingerprint density at radius 3 is 0.959 bits per heavy atom. The molecule has 0 saturated heterocycles. The summed E-state index contributed by atoms with van der Waals surface area (Å²) in [7, 11) is 0. The molecule has 12 aliphatic heterocycles. The van der Waals surface area contributed by atoms with Crippen LogP contribution in [0.1, 0.15) is 135 Å². The van der Waals surface area contributed by atoms with Crippen LogP contribution in [0.15, 0.2) is 515 Å². The lowest BCUT2D eigenvalue weighted by Crippen LogP contribution is -2.37. The SMILES string of the molecule is C1=C2C(=CC1)C1c3cccn3-c3ccccc3N1c1ccccc12.C1=CC2=C(C1)C1c3cccn3-c3ccccc3N1c1ccccc12.C1=CC2=C(C1)N1c3ccccc3-n3cccc3C1c1ccccc12.C1=CC2=C(C1)c1ccccc1N1c3ccccc3-n3cccc3C21.c1ccc2c(c1)-c1ccccc1N1c3ccccc3-n3cccc3C21.c1ccc2c(c1)N1c3ccccc3-n3cccc3C1c1cccn1-2. The van der Waals surface area contributed by atoms with Crippen LogP contribution in [-0.2, 0) is 0 Å². The predicted molar refractivity (Wildman–Crippen MR) is 588 cm³/mol. The Hall–Kier alpha value is -18.5. The van der Waals surface area contributed by atoms with Crippen LogP contribution in [0.4, 0.5) is 62.6 Å². The fourth-order valence-corrected chi connectivity index (χ4v) is 26.8. The smallest absolute Gasteiger partial charge is 0.115 e. The molecule has 19 heterocycles. The number of hydrogen-bond donors (Lipinski definition) is 0. The molecule has 13 aromatic carbocycles. The average Bonchev–Trinajstić information content (AvgIpc) is 1.64. The van der Waals surface area contributed by atoms with Crippen molar-refractivity contribution in [1.82, 2.24) is 32.0 Å². The van der Waals surface area contributed by atoms with E-state index in [2.05, 4.69) is 554 Å². The van der Waals surface area contributed by atoms with Crippen molar-refractivity contribution in [2.24, 2.45) is 0 Å². The van der Waals surface area contributed by atoms with Crippen molar-refractivity contribution in [3.63, 3.8) is 0 Å². The molecule has 4 aliphatic carbocycles. The Morgan fingerprint density at radius 1 is 0.186 bits per heavy atom. The number of aromatic nitrogens is 7. The van der Waals surface area contributed by atoms with Crippen LogP contribution in [-0.4, -0.2) is 32.0 Å². The third-order valence-corrected chi connectivity index (χ3v) is 32.5. The quantitative estimate of drug-likeness (QED) is 0.151. The number of hydrogen-bond acceptors (Lipinski definition) is 6. The predicted octanol–water partition coefficient (Wildman–Crippen LogP) is 31.8. The van der Waals surface area contributed by atoms with Gasteiger partial charge in [-0.05, 0) is 269 Å². The molecule has 0 bridgehead atoms. The average molecular weight is 1860 g/mol. The summed E-state index contributed by atoms with van der Waals surface area (Å²) in [4.78, 5) is 15.1. The van der Waals surface area contributed by atoms with Crippen molar-refractivity contribution in [3.8, 4) is 50.9 Å². The van der Waals surface area contributed by atoms with Gasteiger partial charge in [0.15, 0.2) is 0 Å². The highest BCUT2D eigenvalue weighted by Gasteiger charge is 2.48. The molecule has 16 aliphatic rings. The first kappa shape index (κ1) is 81.4. The van der Waals surface area contributed by atoms with E-state index in [4.69, 9.17) is 0 Å². The zero-order valence-electron chi connectivity index (χ0n) is 79.4. The molecule has 0 amide bonds. The Bertz CT molecular complexity index is 9010. The van der Waals surface area contributed by atoms with Gasteiger partial charge in [-0.3, -0.25) is 0 Å². The summed E-state index contributed by atoms with van der Waals surface area (Å²) in [6.45, 7) is 0. The van der Waals surface area contributed by atoms with Crippen LogP contribution in [0.2, 0.25) is 0 Å². The second-order valence-corrected chi connectivity index (χ2v) is 39.5. The van der Waals surface area contributed by atoms with E-state index >= 15 is 0 Å². The number of fused-ring (bicyclic) bond motifs is 63. The molecule has 20 aromatic rings. The van der Waals surface area contributed by atoms with E-state index in [-0.39, 0.29) is 36.3 Å². The third-order valence-electron chi connectivity index (χ3n) is 32.5. The van der Waals surface area contributed by atoms with Gasteiger partial charge in [-0.1, -0.05) is 255 Å². The van der Waals surface area contributed by atoms with Crippen molar-refractivity contribution in [2.45, 2.75) is 61.9 Å². The first-order chi connectivity index (χ1) is 72.1. The van der Waals surface area contributed by atoms with E-state index in [1.165, 1.54) is 231 Å². The lowest BCUT2D eigenvalue weighted by molar-refractivity contribution is 0.672. The van der Waals surface area contributed by atoms with Gasteiger partial charge in [0.25, 0.3) is 0 Å². The van der Waals surface area contributed by atoms with Crippen LogP contribution in [0.3, 0.4) is 0 Å². The first-order valence-electron chi connectivity index (χ1n) is 50.9. The highest BCUT2D eigenvalue weighted by Crippen LogP contribution is 2.63. The first-order valence-corrected chi connectivity index (χ1v) is 50.9. The van der Waals surface area contributed by atoms with Gasteiger partial charge < -0.3 is 61.4 Å². The Balaban J connectivity index is 0.0000000792. The van der Waals surface area contributed by atoms with E-state index in [0.717, 1.165) is 25.7 Å². The molecule has 0 N–H and O–H groups in total. The van der Waals surface area contributed by atoms with Gasteiger partial charge in [-0.25, -0.2) is 0 Å². The standard InChI is InChI=1S/C23H16N2.4C22H16N2.C21H15N3/c1-2-10-18-16(8-1)17-9-3-4-11-19(17)25-21-13-6-5-12-20(21)24-15-7-14-22(24)23(18)25;3*1-2-10-18-16(7-1)15-8-5-9-17(15)22-21-13-6-14-23(21)19-11-3-4-12-20(19)24(18)22;1-2-8-17-15(7-1)16-9-5-12-18(16)24-20-11-4-3-10-19(20)23-14-6-13-21(23)22(17)24;1-3-9-17-15(7-1)22-13-5-11-19(22)21-20-12-6-14-23(20)16-8-2-4-10-18(16)24(17)21/h1-15,23H;1-4,6-14,22H,5H2;1-7,9-14,22H,8H2;1-8,10-14,22H,9H2;1-11,13-14,22H,12H2;1-14,21H. The molecule has 0 fully saturated rings. The number of para-hydroxylation sites is 18. The molecule has 145 heavy (non-hydrogen) atoms. The molecule has 36 rings (SSSR count). The monoisotopic (exact) mass is 1860 g/mol. The van der Waals surface area contributed by atoms with Gasteiger partial charge in [0, 0.05) is 100 Å². The summed E-state index contributed by atoms with van der Waals surface area (Å²) in [6.07, 6.45) is 38.0. The largest absolute Gasteiger partial charge is 0.329 e. The second-order valence-electron chi connectivity index (χ2n) is 39.5. The third kappa shape index (κ3) is 11.8. The van der Waals surface area contributed by atoms with E-state index in [9.17, 15) is 0 Å². The maximum atomic E-state index is 2.56. The van der Waals surface area contributed by atoms with Crippen LogP contribution in [0.25, 0.3) is 73.2 Å². The Kier molecular flexibility index (Phi) is 18.0. The van der Waals surface area contributed by atoms with Gasteiger partial charge in [0.05, 0.1) is 131 Å². The van der Waals surface area contributed by atoms with Crippen LogP contribution >= 0.6 is 0 Å². The summed E-state index contributed by atoms with van der Waals surface area (Å²) in [5, 5.41) is 0. The van der Waals surface area contributed by atoms with Crippen molar-refractivity contribution in [1.29, 1.82) is 0 Å². The van der Waals surface area contributed by atoms with E-state index in [0.29, 0.717) is 0 Å². The number of anilines is 11. The molecule has 688 valence electrons. The Labute approximate surface area is 841 Å². The number of allylic oxidation sites excluding steroid dienone is 10. The van der Waals surface area contributed by atoms with Crippen molar-refractivity contribution >= 4 is 84.9 Å². The fourth-order valence-electron chi connectivity index (χ4n) is 26.8. The maximum Gasteiger partial charge on any atom is 0.115 e. The molecular weight excluding hydrogens is 1770 g/mol. The topological polar surface area (TPSA) is 54.0 Å². The number of rotatable bonds is 0. The molecule has 0 spiro atoms.